The first kappa shape index (κ1) is 26.1. The molecule has 1 fully saturated rings. The molecule has 192 valence electrons. The van der Waals surface area contributed by atoms with E-state index in [1.807, 2.05) is 32.3 Å². The molecular weight excluding hydrogens is 456 g/mol. The molecule has 1 amide bonds. The number of aliphatic hydroxyl groups excluding tert-OH is 1. The van der Waals surface area contributed by atoms with Gasteiger partial charge in [-0.15, -0.1) is 0 Å². The van der Waals surface area contributed by atoms with Crippen LogP contribution >= 0.6 is 0 Å². The Morgan fingerprint density at radius 1 is 1.33 bits per heavy atom. The van der Waals surface area contributed by atoms with Crippen molar-refractivity contribution in [1.29, 1.82) is 0 Å². The summed E-state index contributed by atoms with van der Waals surface area (Å²) in [5.74, 6) is 6.04. The van der Waals surface area contributed by atoms with Crippen LogP contribution in [0.25, 0.3) is 0 Å². The van der Waals surface area contributed by atoms with Crippen LogP contribution in [0.4, 0.5) is 0 Å². The van der Waals surface area contributed by atoms with Crippen molar-refractivity contribution in [2.24, 2.45) is 5.92 Å². The first-order valence-electron chi connectivity index (χ1n) is 12.7. The molecule has 2 aromatic rings. The third-order valence-corrected chi connectivity index (χ3v) is 7.06. The number of fused-ring (bicyclic) bond motifs is 1. The molecule has 8 heteroatoms. The fraction of sp³-hybridized carbons (Fsp3) is 0.536. The van der Waals surface area contributed by atoms with Crippen LogP contribution in [0.5, 0.6) is 5.88 Å². The van der Waals surface area contributed by atoms with Crippen LogP contribution in [-0.2, 0) is 6.54 Å². The SMILES string of the molecule is C[C@@H]1CN([C@@H](C)CO)C(=O)c2cc(C#CC3(O)CCCC3)cnc2O[C@H]1CN(C)Cc1cccnc1. The van der Waals surface area contributed by atoms with E-state index in [9.17, 15) is 15.0 Å². The fourth-order valence-corrected chi connectivity index (χ4v) is 4.84. The van der Waals surface area contributed by atoms with Crippen molar-refractivity contribution in [3.8, 4) is 17.7 Å². The third kappa shape index (κ3) is 6.22. The average Bonchev–Trinajstić information content (AvgIpc) is 3.31. The zero-order chi connectivity index (χ0) is 25.7. The topological polar surface area (TPSA) is 99.0 Å². The Morgan fingerprint density at radius 2 is 2.11 bits per heavy atom. The lowest BCUT2D eigenvalue weighted by Crippen LogP contribution is -2.49. The molecule has 0 saturated heterocycles. The van der Waals surface area contributed by atoms with E-state index in [2.05, 4.69) is 33.6 Å². The van der Waals surface area contributed by atoms with Crippen molar-refractivity contribution in [3.63, 3.8) is 0 Å². The van der Waals surface area contributed by atoms with Gasteiger partial charge < -0.3 is 19.8 Å². The van der Waals surface area contributed by atoms with E-state index in [0.29, 0.717) is 43.6 Å². The molecule has 0 radical (unpaired) electrons. The number of amides is 1. The molecule has 1 aliphatic heterocycles. The molecule has 0 aromatic carbocycles. The lowest BCUT2D eigenvalue weighted by atomic mass is 9.99. The summed E-state index contributed by atoms with van der Waals surface area (Å²) in [5, 5.41) is 20.5. The Balaban J connectivity index is 1.61. The van der Waals surface area contributed by atoms with Gasteiger partial charge in [-0.2, -0.15) is 0 Å². The van der Waals surface area contributed by atoms with E-state index in [1.165, 1.54) is 0 Å². The first-order chi connectivity index (χ1) is 17.3. The van der Waals surface area contributed by atoms with Crippen molar-refractivity contribution in [1.82, 2.24) is 19.8 Å². The minimum Gasteiger partial charge on any atom is -0.472 e. The number of rotatable bonds is 6. The monoisotopic (exact) mass is 492 g/mol. The number of hydrogen-bond acceptors (Lipinski definition) is 7. The van der Waals surface area contributed by atoms with Gasteiger partial charge in [0.05, 0.1) is 12.6 Å². The van der Waals surface area contributed by atoms with Crippen molar-refractivity contribution < 1.29 is 19.7 Å². The summed E-state index contributed by atoms with van der Waals surface area (Å²) in [6.45, 7) is 5.54. The number of ether oxygens (including phenoxy) is 1. The first-order valence-corrected chi connectivity index (χ1v) is 12.7. The Morgan fingerprint density at radius 3 is 2.81 bits per heavy atom. The molecule has 8 nitrogen and oxygen atoms in total. The maximum absolute atomic E-state index is 13.6. The number of aliphatic hydroxyl groups is 2. The molecule has 1 aliphatic carbocycles. The number of nitrogens with zero attached hydrogens (tertiary/aromatic N) is 4. The minimum absolute atomic E-state index is 0.00494. The summed E-state index contributed by atoms with van der Waals surface area (Å²) >= 11 is 0. The number of likely N-dealkylation sites (N-methyl/N-ethyl adjacent to an activating group) is 1. The third-order valence-electron chi connectivity index (χ3n) is 7.06. The van der Waals surface area contributed by atoms with Gasteiger partial charge in [-0.3, -0.25) is 14.7 Å². The second-order valence-electron chi connectivity index (χ2n) is 10.2. The normalized spacial score (nSPS) is 22.2. The number of carbonyl (C=O) groups is 1. The fourth-order valence-electron chi connectivity index (χ4n) is 4.84. The van der Waals surface area contributed by atoms with Crippen molar-refractivity contribution in [2.45, 2.75) is 63.8 Å². The van der Waals surface area contributed by atoms with Crippen molar-refractivity contribution in [3.05, 3.63) is 53.5 Å². The highest BCUT2D eigenvalue weighted by atomic mass is 16.5. The smallest absolute Gasteiger partial charge is 0.259 e. The molecule has 4 rings (SSSR count). The Bertz CT molecular complexity index is 1110. The molecule has 3 atom stereocenters. The summed E-state index contributed by atoms with van der Waals surface area (Å²) in [7, 11) is 2.03. The molecule has 3 heterocycles. The molecule has 2 N–H and O–H groups in total. The second-order valence-corrected chi connectivity index (χ2v) is 10.2. The quantitative estimate of drug-likeness (QED) is 0.598. The van der Waals surface area contributed by atoms with Gasteiger partial charge in [0.1, 0.15) is 17.3 Å². The van der Waals surface area contributed by atoms with E-state index < -0.39 is 5.60 Å². The van der Waals surface area contributed by atoms with E-state index in [-0.39, 0.29) is 36.5 Å². The van der Waals surface area contributed by atoms with Crippen LogP contribution in [0.1, 0.15) is 61.0 Å². The molecule has 2 aromatic heterocycles. The number of carbonyl (C=O) groups excluding carboxylic acids is 1. The molecular formula is C28H36N4O4. The maximum atomic E-state index is 13.6. The minimum atomic E-state index is -0.971. The number of hydrogen-bond donors (Lipinski definition) is 2. The standard InChI is InChI=1S/C28H36N4O4/c1-20-16-32(21(2)19-33)27(34)24-13-22(8-11-28(35)9-4-5-10-28)15-30-26(24)36-25(20)18-31(3)17-23-7-6-12-29-14-23/h6-7,12-15,20-21,25,33,35H,4-5,9-10,16-19H2,1-3H3/t20-,21+,25+/m1/s1. The second kappa shape index (κ2) is 11.4. The van der Waals surface area contributed by atoms with Crippen molar-refractivity contribution >= 4 is 5.91 Å². The maximum Gasteiger partial charge on any atom is 0.259 e. The van der Waals surface area contributed by atoms with Gasteiger partial charge in [0.15, 0.2) is 0 Å². The van der Waals surface area contributed by atoms with Crippen molar-refractivity contribution in [2.75, 3.05) is 26.7 Å². The van der Waals surface area contributed by atoms with E-state index in [4.69, 9.17) is 4.74 Å². The summed E-state index contributed by atoms with van der Waals surface area (Å²) in [4.78, 5) is 26.1. The van der Waals surface area contributed by atoms with E-state index in [1.54, 1.807) is 23.4 Å². The van der Waals surface area contributed by atoms with Gasteiger partial charge in [-0.05, 0) is 57.4 Å². The highest BCUT2D eigenvalue weighted by Gasteiger charge is 2.34. The van der Waals surface area contributed by atoms with Gasteiger partial charge in [0.2, 0.25) is 5.88 Å². The largest absolute Gasteiger partial charge is 0.472 e. The molecule has 36 heavy (non-hydrogen) atoms. The molecule has 2 aliphatic rings. The van der Waals surface area contributed by atoms with Crippen LogP contribution in [0.2, 0.25) is 0 Å². The van der Waals surface area contributed by atoms with E-state index >= 15 is 0 Å². The molecule has 1 saturated carbocycles. The summed E-state index contributed by atoms with van der Waals surface area (Å²) in [6.07, 6.45) is 8.22. The number of pyridine rings is 2. The van der Waals surface area contributed by atoms with Gasteiger partial charge in [0.25, 0.3) is 5.91 Å². The Labute approximate surface area is 213 Å². The van der Waals surface area contributed by atoms with Crippen LogP contribution in [-0.4, -0.2) is 80.4 Å². The summed E-state index contributed by atoms with van der Waals surface area (Å²) < 4.78 is 6.37. The lowest BCUT2D eigenvalue weighted by Gasteiger charge is -2.37. The van der Waals surface area contributed by atoms with Crippen LogP contribution < -0.4 is 4.74 Å². The highest BCUT2D eigenvalue weighted by molar-refractivity contribution is 5.97. The predicted molar refractivity (Wildman–Crippen MR) is 136 cm³/mol. The average molecular weight is 493 g/mol. The summed E-state index contributed by atoms with van der Waals surface area (Å²) in [6, 6.07) is 5.30. The number of aromatic nitrogens is 2. The van der Waals surface area contributed by atoms with Gasteiger partial charge in [-0.1, -0.05) is 24.8 Å². The Kier molecular flexibility index (Phi) is 8.24. The van der Waals surface area contributed by atoms with Gasteiger partial charge in [-0.25, -0.2) is 4.98 Å². The van der Waals surface area contributed by atoms with Crippen LogP contribution in [0.3, 0.4) is 0 Å². The van der Waals surface area contributed by atoms with Crippen LogP contribution in [0, 0.1) is 17.8 Å². The van der Waals surface area contributed by atoms with E-state index in [0.717, 1.165) is 18.4 Å². The van der Waals surface area contributed by atoms with Crippen LogP contribution in [0.15, 0.2) is 36.8 Å². The zero-order valence-electron chi connectivity index (χ0n) is 21.4. The molecule has 0 spiro atoms. The lowest BCUT2D eigenvalue weighted by molar-refractivity contribution is 0.0325. The molecule has 0 unspecified atom stereocenters. The Hall–Kier alpha value is -2.99. The molecule has 0 bridgehead atoms. The zero-order valence-corrected chi connectivity index (χ0v) is 21.4. The predicted octanol–water partition coefficient (Wildman–Crippen LogP) is 2.49. The highest BCUT2D eigenvalue weighted by Crippen LogP contribution is 2.30. The summed E-state index contributed by atoms with van der Waals surface area (Å²) in [5.41, 5.74) is 1.02. The van der Waals surface area contributed by atoms with Gasteiger partial charge in [0, 0.05) is 49.7 Å². The van der Waals surface area contributed by atoms with Gasteiger partial charge >= 0.3 is 0 Å².